The van der Waals surface area contributed by atoms with E-state index >= 15 is 0 Å². The number of hydrogen-bond acceptors (Lipinski definition) is 3. The van der Waals surface area contributed by atoms with Gasteiger partial charge in [-0.05, 0) is 41.3 Å². The van der Waals surface area contributed by atoms with Gasteiger partial charge in [0.15, 0.2) is 0 Å². The molecule has 0 spiro atoms. The summed E-state index contributed by atoms with van der Waals surface area (Å²) >= 11 is 0. The Morgan fingerprint density at radius 3 is 2.35 bits per heavy atom. The van der Waals surface area contributed by atoms with Crippen LogP contribution in [0.1, 0.15) is 17.0 Å². The molecule has 3 nitrogen and oxygen atoms in total. The van der Waals surface area contributed by atoms with Crippen molar-refractivity contribution in [2.45, 2.75) is 5.92 Å². The molecule has 4 aromatic carbocycles. The highest BCUT2D eigenvalue weighted by Gasteiger charge is 2.33. The summed E-state index contributed by atoms with van der Waals surface area (Å²) in [6, 6.07) is 36.0. The van der Waals surface area contributed by atoms with E-state index in [9.17, 15) is 0 Å². The molecule has 0 amide bonds. The Kier molecular flexibility index (Phi) is 5.29. The second-order valence-electron chi connectivity index (χ2n) is 8.25. The lowest BCUT2D eigenvalue weighted by Crippen LogP contribution is -2.23. The molecule has 0 radical (unpaired) electrons. The maximum atomic E-state index is 9.11. The van der Waals surface area contributed by atoms with Crippen LogP contribution in [0.25, 0.3) is 10.8 Å². The molecule has 0 aliphatic carbocycles. The fraction of sp³-hybridized carbons (Fsp3) is 0.179. The van der Waals surface area contributed by atoms with E-state index in [2.05, 4.69) is 101 Å². The van der Waals surface area contributed by atoms with Crippen molar-refractivity contribution in [2.24, 2.45) is 5.92 Å². The molecule has 0 aromatic heterocycles. The summed E-state index contributed by atoms with van der Waals surface area (Å²) in [7, 11) is 0. The van der Waals surface area contributed by atoms with E-state index < -0.39 is 0 Å². The van der Waals surface area contributed by atoms with Crippen LogP contribution < -0.4 is 10.2 Å². The Hall–Kier alpha value is -3.77. The van der Waals surface area contributed by atoms with Gasteiger partial charge in [0.1, 0.15) is 0 Å². The monoisotopic (exact) mass is 403 g/mol. The minimum absolute atomic E-state index is 0.458. The Morgan fingerprint density at radius 2 is 1.55 bits per heavy atom. The third kappa shape index (κ3) is 3.98. The molecule has 2 atom stereocenters. The van der Waals surface area contributed by atoms with Gasteiger partial charge in [0, 0.05) is 48.2 Å². The molecule has 1 aliphatic rings. The first-order chi connectivity index (χ1) is 15.3. The van der Waals surface area contributed by atoms with Crippen molar-refractivity contribution in [1.82, 2.24) is 0 Å². The number of benzene rings is 4. The number of nitrogens with zero attached hydrogens (tertiary/aromatic N) is 2. The largest absolute Gasteiger partial charge is 0.384 e. The van der Waals surface area contributed by atoms with E-state index in [1.807, 2.05) is 12.1 Å². The van der Waals surface area contributed by atoms with E-state index in [0.717, 1.165) is 19.6 Å². The van der Waals surface area contributed by atoms with E-state index in [0.29, 0.717) is 17.4 Å². The van der Waals surface area contributed by atoms with Crippen LogP contribution >= 0.6 is 0 Å². The Bertz CT molecular complexity index is 1200. The van der Waals surface area contributed by atoms with E-state index in [4.69, 9.17) is 5.26 Å². The van der Waals surface area contributed by atoms with Gasteiger partial charge in [-0.25, -0.2) is 0 Å². The summed E-state index contributed by atoms with van der Waals surface area (Å²) in [4.78, 5) is 2.45. The van der Waals surface area contributed by atoms with Gasteiger partial charge in [0.25, 0.3) is 0 Å². The smallest absolute Gasteiger partial charge is 0.0991 e. The zero-order valence-corrected chi connectivity index (χ0v) is 17.4. The lowest BCUT2D eigenvalue weighted by atomic mass is 9.89. The average Bonchev–Trinajstić information content (AvgIpc) is 3.27. The van der Waals surface area contributed by atoms with E-state index in [-0.39, 0.29) is 0 Å². The molecule has 2 unspecified atom stereocenters. The van der Waals surface area contributed by atoms with Crippen molar-refractivity contribution in [2.75, 3.05) is 29.9 Å². The van der Waals surface area contributed by atoms with E-state index in [1.165, 1.54) is 27.7 Å². The van der Waals surface area contributed by atoms with E-state index in [1.54, 1.807) is 0 Å². The van der Waals surface area contributed by atoms with Gasteiger partial charge in [-0.2, -0.15) is 5.26 Å². The summed E-state index contributed by atoms with van der Waals surface area (Å²) in [6.45, 7) is 2.89. The van der Waals surface area contributed by atoms with Gasteiger partial charge in [-0.1, -0.05) is 66.7 Å². The van der Waals surface area contributed by atoms with Crippen molar-refractivity contribution < 1.29 is 0 Å². The molecule has 0 saturated carbocycles. The van der Waals surface area contributed by atoms with Crippen LogP contribution in [0.3, 0.4) is 0 Å². The molecule has 3 heteroatoms. The first-order valence-corrected chi connectivity index (χ1v) is 10.8. The van der Waals surface area contributed by atoms with Crippen molar-refractivity contribution in [3.63, 3.8) is 0 Å². The topological polar surface area (TPSA) is 39.1 Å². The zero-order valence-electron chi connectivity index (χ0n) is 17.4. The molecule has 1 saturated heterocycles. The summed E-state index contributed by atoms with van der Waals surface area (Å²) in [5.74, 6) is 0.941. The predicted molar refractivity (Wildman–Crippen MR) is 128 cm³/mol. The molecule has 1 aliphatic heterocycles. The van der Waals surface area contributed by atoms with Crippen LogP contribution in [0.5, 0.6) is 0 Å². The van der Waals surface area contributed by atoms with Crippen molar-refractivity contribution in [3.05, 3.63) is 108 Å². The van der Waals surface area contributed by atoms with Crippen molar-refractivity contribution in [1.29, 1.82) is 5.26 Å². The molecular weight excluding hydrogens is 378 g/mol. The minimum Gasteiger partial charge on any atom is -0.384 e. The lowest BCUT2D eigenvalue weighted by Gasteiger charge is -2.20. The highest BCUT2D eigenvalue weighted by atomic mass is 15.2. The highest BCUT2D eigenvalue weighted by Crippen LogP contribution is 2.36. The quantitative estimate of drug-likeness (QED) is 0.441. The van der Waals surface area contributed by atoms with Gasteiger partial charge < -0.3 is 10.2 Å². The number of anilines is 2. The molecule has 152 valence electrons. The predicted octanol–water partition coefficient (Wildman–Crippen LogP) is 6.04. The van der Waals surface area contributed by atoms with Gasteiger partial charge in [-0.15, -0.1) is 0 Å². The fourth-order valence-corrected chi connectivity index (χ4v) is 4.73. The summed E-state index contributed by atoms with van der Waals surface area (Å²) in [5.41, 5.74) is 4.48. The van der Waals surface area contributed by atoms with Crippen LogP contribution in [-0.2, 0) is 0 Å². The maximum Gasteiger partial charge on any atom is 0.0991 e. The number of rotatable bonds is 5. The second-order valence-corrected chi connectivity index (χ2v) is 8.25. The third-order valence-electron chi connectivity index (χ3n) is 6.37. The molecular formula is C28H25N3. The number of hydrogen-bond donors (Lipinski definition) is 1. The molecule has 4 aromatic rings. The van der Waals surface area contributed by atoms with Crippen LogP contribution in [0.4, 0.5) is 11.4 Å². The summed E-state index contributed by atoms with van der Waals surface area (Å²) < 4.78 is 0. The molecule has 1 N–H and O–H groups in total. The molecule has 31 heavy (non-hydrogen) atoms. The minimum atomic E-state index is 0.458. The summed E-state index contributed by atoms with van der Waals surface area (Å²) in [6.07, 6.45) is 0. The first kappa shape index (κ1) is 19.2. The SMILES string of the molecule is N#Cc1ccc(N2CC(CNc3cccc4ccccc34)C(c3ccccc3)C2)cc1. The van der Waals surface area contributed by atoms with Gasteiger partial charge in [-0.3, -0.25) is 0 Å². The van der Waals surface area contributed by atoms with Crippen LogP contribution in [0, 0.1) is 17.2 Å². The van der Waals surface area contributed by atoms with Gasteiger partial charge >= 0.3 is 0 Å². The third-order valence-corrected chi connectivity index (χ3v) is 6.37. The standard InChI is InChI=1S/C28H25N3/c29-17-21-13-15-25(16-14-21)31-19-24(27(20-31)23-7-2-1-3-8-23)18-30-28-12-6-10-22-9-4-5-11-26(22)28/h1-16,24,27,30H,18-20H2. The highest BCUT2D eigenvalue weighted by molar-refractivity contribution is 5.93. The van der Waals surface area contributed by atoms with Gasteiger partial charge in [0.2, 0.25) is 0 Å². The molecule has 5 rings (SSSR count). The van der Waals surface area contributed by atoms with Crippen molar-refractivity contribution in [3.8, 4) is 6.07 Å². The first-order valence-electron chi connectivity index (χ1n) is 10.8. The molecule has 0 bridgehead atoms. The summed E-state index contributed by atoms with van der Waals surface area (Å²) in [5, 5.41) is 15.4. The van der Waals surface area contributed by atoms with Crippen LogP contribution in [0.2, 0.25) is 0 Å². The van der Waals surface area contributed by atoms with Crippen molar-refractivity contribution >= 4 is 22.1 Å². The maximum absolute atomic E-state index is 9.11. The fourth-order valence-electron chi connectivity index (χ4n) is 4.73. The van der Waals surface area contributed by atoms with Gasteiger partial charge in [0.05, 0.1) is 11.6 Å². The molecule has 1 heterocycles. The molecule has 1 fully saturated rings. The normalized spacial score (nSPS) is 18.1. The number of nitrogens with one attached hydrogen (secondary N) is 1. The van der Waals surface area contributed by atoms with Crippen LogP contribution in [0.15, 0.2) is 97.1 Å². The Labute approximate surface area is 183 Å². The zero-order chi connectivity index (χ0) is 21.0. The Morgan fingerprint density at radius 1 is 0.806 bits per heavy atom. The number of fused-ring (bicyclic) bond motifs is 1. The lowest BCUT2D eigenvalue weighted by molar-refractivity contribution is 0.547. The van der Waals surface area contributed by atoms with Crippen LogP contribution in [-0.4, -0.2) is 19.6 Å². The average molecular weight is 404 g/mol. The second kappa shape index (κ2) is 8.53. The Balaban J connectivity index is 1.39. The number of nitriles is 1.